The molecule has 1 aromatic rings. The first kappa shape index (κ1) is 16.5. The molecule has 7 heteroatoms. The number of rotatable bonds is 7. The van der Waals surface area contributed by atoms with Crippen LogP contribution in [0.4, 0.5) is 13.2 Å². The van der Waals surface area contributed by atoms with Gasteiger partial charge in [0.2, 0.25) is 5.91 Å². The first-order chi connectivity index (χ1) is 9.40. The maximum absolute atomic E-state index is 11.8. The van der Waals surface area contributed by atoms with Crippen molar-refractivity contribution in [3.05, 3.63) is 35.4 Å². The molecule has 0 aliphatic heterocycles. The van der Waals surface area contributed by atoms with Crippen LogP contribution in [-0.2, 0) is 22.5 Å². The van der Waals surface area contributed by atoms with Gasteiger partial charge in [0.25, 0.3) is 0 Å². The number of hydrogen-bond acceptors (Lipinski definition) is 3. The molecule has 0 radical (unpaired) electrons. The molecular weight excluding hydrogens is 273 g/mol. The predicted octanol–water partition coefficient (Wildman–Crippen LogP) is 1.38. The zero-order valence-corrected chi connectivity index (χ0v) is 10.9. The van der Waals surface area contributed by atoms with Crippen molar-refractivity contribution >= 4 is 5.91 Å². The summed E-state index contributed by atoms with van der Waals surface area (Å²) < 4.78 is 39.6. The topological polar surface area (TPSA) is 64.3 Å². The van der Waals surface area contributed by atoms with E-state index in [9.17, 15) is 18.0 Å². The van der Waals surface area contributed by atoms with Crippen molar-refractivity contribution in [2.24, 2.45) is 5.73 Å². The molecule has 0 aliphatic carbocycles. The minimum atomic E-state index is -4.42. The van der Waals surface area contributed by atoms with Crippen molar-refractivity contribution < 1.29 is 22.7 Å². The van der Waals surface area contributed by atoms with Gasteiger partial charge in [-0.3, -0.25) is 4.79 Å². The van der Waals surface area contributed by atoms with Gasteiger partial charge in [0.05, 0.1) is 0 Å². The number of hydrogen-bond donors (Lipinski definition) is 2. The van der Waals surface area contributed by atoms with Crippen LogP contribution in [0.1, 0.15) is 11.1 Å². The number of halogens is 3. The quantitative estimate of drug-likeness (QED) is 0.797. The SMILES string of the molecule is NCCc1ccc(CNC(=O)COCC(F)(F)F)cc1. The summed E-state index contributed by atoms with van der Waals surface area (Å²) in [4.78, 5) is 11.3. The van der Waals surface area contributed by atoms with Crippen molar-refractivity contribution in [2.45, 2.75) is 19.1 Å². The molecule has 1 aromatic carbocycles. The minimum Gasteiger partial charge on any atom is -0.362 e. The molecule has 0 aromatic heterocycles. The van der Waals surface area contributed by atoms with Crippen LogP contribution in [0.2, 0.25) is 0 Å². The van der Waals surface area contributed by atoms with Crippen molar-refractivity contribution in [3.63, 3.8) is 0 Å². The first-order valence-electron chi connectivity index (χ1n) is 6.10. The van der Waals surface area contributed by atoms with Crippen LogP contribution in [0, 0.1) is 0 Å². The van der Waals surface area contributed by atoms with E-state index in [1.807, 2.05) is 24.3 Å². The first-order valence-corrected chi connectivity index (χ1v) is 6.10. The number of nitrogens with two attached hydrogens (primary N) is 1. The van der Waals surface area contributed by atoms with Gasteiger partial charge in [0, 0.05) is 6.54 Å². The molecule has 0 saturated heterocycles. The highest BCUT2D eigenvalue weighted by atomic mass is 19.4. The van der Waals surface area contributed by atoms with Gasteiger partial charge in [-0.1, -0.05) is 24.3 Å². The van der Waals surface area contributed by atoms with Gasteiger partial charge in [-0.15, -0.1) is 0 Å². The average Bonchev–Trinajstić information content (AvgIpc) is 2.37. The zero-order valence-electron chi connectivity index (χ0n) is 10.9. The monoisotopic (exact) mass is 290 g/mol. The molecule has 4 nitrogen and oxygen atoms in total. The second kappa shape index (κ2) is 7.86. The van der Waals surface area contributed by atoms with Crippen molar-refractivity contribution in [3.8, 4) is 0 Å². The van der Waals surface area contributed by atoms with Gasteiger partial charge in [-0.05, 0) is 24.1 Å². The summed E-state index contributed by atoms with van der Waals surface area (Å²) in [5, 5.41) is 2.48. The fourth-order valence-corrected chi connectivity index (χ4v) is 1.50. The number of alkyl halides is 3. The third-order valence-electron chi connectivity index (χ3n) is 2.44. The summed E-state index contributed by atoms with van der Waals surface area (Å²) in [7, 11) is 0. The van der Waals surface area contributed by atoms with Gasteiger partial charge in [0.15, 0.2) is 0 Å². The summed E-state index contributed by atoms with van der Waals surface area (Å²) in [6, 6.07) is 7.46. The molecule has 0 saturated carbocycles. The third-order valence-corrected chi connectivity index (χ3v) is 2.44. The van der Waals surface area contributed by atoms with Crippen LogP contribution in [-0.4, -0.2) is 31.8 Å². The number of amides is 1. The highest BCUT2D eigenvalue weighted by Gasteiger charge is 2.27. The molecule has 1 rings (SSSR count). The maximum Gasteiger partial charge on any atom is 0.411 e. The lowest BCUT2D eigenvalue weighted by Crippen LogP contribution is -2.29. The summed E-state index contributed by atoms with van der Waals surface area (Å²) in [5.41, 5.74) is 7.37. The second-order valence-electron chi connectivity index (χ2n) is 4.24. The lowest BCUT2D eigenvalue weighted by atomic mass is 10.1. The smallest absolute Gasteiger partial charge is 0.362 e. The summed E-state index contributed by atoms with van der Waals surface area (Å²) in [6.45, 7) is -1.22. The largest absolute Gasteiger partial charge is 0.411 e. The van der Waals surface area contributed by atoms with Crippen LogP contribution in [0.5, 0.6) is 0 Å². The maximum atomic E-state index is 11.8. The van der Waals surface area contributed by atoms with E-state index in [0.717, 1.165) is 17.5 Å². The van der Waals surface area contributed by atoms with E-state index in [1.54, 1.807) is 0 Å². The van der Waals surface area contributed by atoms with Crippen LogP contribution in [0.25, 0.3) is 0 Å². The van der Waals surface area contributed by atoms with E-state index < -0.39 is 25.3 Å². The number of nitrogens with one attached hydrogen (secondary N) is 1. The molecule has 0 fully saturated rings. The normalized spacial score (nSPS) is 11.4. The number of carbonyl (C=O) groups is 1. The average molecular weight is 290 g/mol. The molecule has 20 heavy (non-hydrogen) atoms. The Morgan fingerprint density at radius 1 is 1.20 bits per heavy atom. The Balaban J connectivity index is 2.26. The van der Waals surface area contributed by atoms with Gasteiger partial charge in [-0.25, -0.2) is 0 Å². The van der Waals surface area contributed by atoms with E-state index in [4.69, 9.17) is 5.73 Å². The molecule has 0 unspecified atom stereocenters. The molecule has 1 amide bonds. The van der Waals surface area contributed by atoms with Gasteiger partial charge < -0.3 is 15.8 Å². The van der Waals surface area contributed by atoms with E-state index >= 15 is 0 Å². The molecule has 112 valence electrons. The molecule has 3 N–H and O–H groups in total. The standard InChI is InChI=1S/C13H17F3N2O2/c14-13(15,16)9-20-8-12(19)18-7-11-3-1-10(2-4-11)5-6-17/h1-4H,5-9,17H2,(H,18,19). The number of ether oxygens (including phenoxy) is 1. The van der Waals surface area contributed by atoms with E-state index in [0.29, 0.717) is 6.54 Å². The Morgan fingerprint density at radius 2 is 1.80 bits per heavy atom. The molecule has 0 aliphatic rings. The molecule has 0 heterocycles. The predicted molar refractivity (Wildman–Crippen MR) is 67.9 cm³/mol. The third kappa shape index (κ3) is 7.10. The molecule has 0 spiro atoms. The summed E-state index contributed by atoms with van der Waals surface area (Å²) >= 11 is 0. The summed E-state index contributed by atoms with van der Waals surface area (Å²) in [6.07, 6.45) is -3.64. The van der Waals surface area contributed by atoms with Crippen LogP contribution in [0.15, 0.2) is 24.3 Å². The van der Waals surface area contributed by atoms with Crippen LogP contribution in [0.3, 0.4) is 0 Å². The fraction of sp³-hybridized carbons (Fsp3) is 0.462. The highest BCUT2D eigenvalue weighted by molar-refractivity contribution is 5.77. The zero-order chi connectivity index (χ0) is 15.0. The van der Waals surface area contributed by atoms with E-state index in [2.05, 4.69) is 10.1 Å². The van der Waals surface area contributed by atoms with E-state index in [-0.39, 0.29) is 6.54 Å². The lowest BCUT2D eigenvalue weighted by molar-refractivity contribution is -0.175. The Kier molecular flexibility index (Phi) is 6.47. The second-order valence-corrected chi connectivity index (χ2v) is 4.24. The van der Waals surface area contributed by atoms with Crippen molar-refractivity contribution in [1.82, 2.24) is 5.32 Å². The van der Waals surface area contributed by atoms with Gasteiger partial charge in [-0.2, -0.15) is 13.2 Å². The van der Waals surface area contributed by atoms with Gasteiger partial charge >= 0.3 is 6.18 Å². The minimum absolute atomic E-state index is 0.247. The number of carbonyl (C=O) groups excluding carboxylic acids is 1. The molecular formula is C13H17F3N2O2. The van der Waals surface area contributed by atoms with E-state index in [1.165, 1.54) is 0 Å². The van der Waals surface area contributed by atoms with Crippen molar-refractivity contribution in [1.29, 1.82) is 0 Å². The van der Waals surface area contributed by atoms with Gasteiger partial charge in [0.1, 0.15) is 13.2 Å². The Morgan fingerprint density at radius 3 is 2.35 bits per heavy atom. The lowest BCUT2D eigenvalue weighted by Gasteiger charge is -2.08. The molecule has 0 atom stereocenters. The Labute approximate surface area is 115 Å². The highest BCUT2D eigenvalue weighted by Crippen LogP contribution is 2.14. The van der Waals surface area contributed by atoms with Crippen molar-refractivity contribution in [2.75, 3.05) is 19.8 Å². The Bertz CT molecular complexity index is 419. The fourth-order valence-electron chi connectivity index (χ4n) is 1.50. The number of benzene rings is 1. The summed E-state index contributed by atoms with van der Waals surface area (Å²) in [5.74, 6) is -0.583. The van der Waals surface area contributed by atoms with Crippen LogP contribution < -0.4 is 11.1 Å². The van der Waals surface area contributed by atoms with Crippen LogP contribution >= 0.6 is 0 Å². The Hall–Kier alpha value is -1.60. The molecule has 0 bridgehead atoms.